The number of nitrogens with one attached hydrogen (secondary N) is 1. The number of benzene rings is 1. The first-order valence-corrected chi connectivity index (χ1v) is 6.08. The third-order valence-electron chi connectivity index (χ3n) is 2.59. The van der Waals surface area contributed by atoms with E-state index in [1.54, 1.807) is 7.11 Å². The molecule has 0 aliphatic rings. The van der Waals surface area contributed by atoms with Crippen LogP contribution in [0.25, 0.3) is 0 Å². The van der Waals surface area contributed by atoms with Gasteiger partial charge in [0, 0.05) is 30.3 Å². The van der Waals surface area contributed by atoms with Crippen molar-refractivity contribution in [1.82, 2.24) is 0 Å². The van der Waals surface area contributed by atoms with Crippen LogP contribution in [0.5, 0.6) is 0 Å². The average molecular weight is 250 g/mol. The summed E-state index contributed by atoms with van der Waals surface area (Å²) in [6.45, 7) is 4.32. The summed E-state index contributed by atoms with van der Waals surface area (Å²) in [5.74, 6) is -0.0166. The Labute approximate surface area is 109 Å². The van der Waals surface area contributed by atoms with Crippen LogP contribution in [0.15, 0.2) is 24.3 Å². The molecule has 0 fully saturated rings. The number of hydrogen-bond donors (Lipinski definition) is 2. The number of hydrogen-bond acceptors (Lipinski definition) is 3. The van der Waals surface area contributed by atoms with Crippen molar-refractivity contribution in [3.05, 3.63) is 29.8 Å². The van der Waals surface area contributed by atoms with E-state index >= 15 is 0 Å². The van der Waals surface area contributed by atoms with E-state index in [1.165, 1.54) is 0 Å². The number of nitrogens with two attached hydrogens (primary N) is 1. The Balaban J connectivity index is 2.59. The van der Waals surface area contributed by atoms with Crippen molar-refractivity contribution in [3.8, 4) is 0 Å². The molecular weight excluding hydrogens is 228 g/mol. The highest BCUT2D eigenvalue weighted by Crippen LogP contribution is 2.17. The first-order chi connectivity index (χ1) is 8.42. The van der Waals surface area contributed by atoms with E-state index in [1.807, 2.05) is 38.1 Å². The Morgan fingerprint density at radius 3 is 2.67 bits per heavy atom. The highest BCUT2D eigenvalue weighted by molar-refractivity contribution is 5.91. The number of methoxy groups -OCH3 is 1. The molecule has 1 amide bonds. The summed E-state index contributed by atoms with van der Waals surface area (Å²) in [7, 11) is 1.63. The first kappa shape index (κ1) is 14.7. The average Bonchev–Trinajstić information content (AvgIpc) is 2.29. The third-order valence-corrected chi connectivity index (χ3v) is 2.59. The maximum absolute atomic E-state index is 11.8. The molecule has 0 radical (unpaired) electrons. The number of anilines is 1. The van der Waals surface area contributed by atoms with Crippen LogP contribution in [0, 0.1) is 0 Å². The molecule has 0 heterocycles. The first-order valence-electron chi connectivity index (χ1n) is 6.08. The van der Waals surface area contributed by atoms with Crippen LogP contribution in [0.3, 0.4) is 0 Å². The molecule has 100 valence electrons. The van der Waals surface area contributed by atoms with Gasteiger partial charge < -0.3 is 15.8 Å². The van der Waals surface area contributed by atoms with E-state index in [4.69, 9.17) is 10.5 Å². The fourth-order valence-corrected chi connectivity index (χ4v) is 1.57. The molecule has 1 aromatic carbocycles. The van der Waals surface area contributed by atoms with Gasteiger partial charge in [0.15, 0.2) is 0 Å². The Hall–Kier alpha value is -1.39. The lowest BCUT2D eigenvalue weighted by molar-refractivity contribution is -0.116. The molecule has 3 N–H and O–H groups in total. The van der Waals surface area contributed by atoms with Crippen molar-refractivity contribution < 1.29 is 9.53 Å². The number of carbonyl (C=O) groups excluding carboxylic acids is 1. The Morgan fingerprint density at radius 2 is 2.06 bits per heavy atom. The second-order valence-corrected chi connectivity index (χ2v) is 5.13. The van der Waals surface area contributed by atoms with E-state index in [9.17, 15) is 4.79 Å². The quantitative estimate of drug-likeness (QED) is 0.814. The van der Waals surface area contributed by atoms with Gasteiger partial charge in [-0.3, -0.25) is 4.79 Å². The van der Waals surface area contributed by atoms with Crippen LogP contribution in [-0.2, 0) is 16.1 Å². The van der Waals surface area contributed by atoms with Crippen molar-refractivity contribution in [2.45, 2.75) is 38.8 Å². The molecular formula is C14H22N2O2. The molecule has 0 atom stereocenters. The van der Waals surface area contributed by atoms with Gasteiger partial charge in [-0.1, -0.05) is 18.2 Å². The van der Waals surface area contributed by atoms with Gasteiger partial charge in [0.2, 0.25) is 5.91 Å². The van der Waals surface area contributed by atoms with Crippen molar-refractivity contribution >= 4 is 11.6 Å². The molecule has 0 aliphatic heterocycles. The fourth-order valence-electron chi connectivity index (χ4n) is 1.57. The third kappa shape index (κ3) is 5.29. The standard InChI is InChI=1S/C14H22N2O2/c1-14(2,15)9-8-13(17)16-12-7-5-4-6-11(12)10-18-3/h4-7H,8-10,15H2,1-3H3,(H,16,17). The lowest BCUT2D eigenvalue weighted by atomic mass is 10.00. The second kappa shape index (κ2) is 6.52. The fraction of sp³-hybridized carbons (Fsp3) is 0.500. The number of ether oxygens (including phenoxy) is 1. The van der Waals surface area contributed by atoms with Crippen molar-refractivity contribution in [3.63, 3.8) is 0 Å². The molecule has 0 saturated heterocycles. The summed E-state index contributed by atoms with van der Waals surface area (Å²) in [6.07, 6.45) is 1.08. The summed E-state index contributed by atoms with van der Waals surface area (Å²) in [4.78, 5) is 11.8. The van der Waals surface area contributed by atoms with Crippen LogP contribution < -0.4 is 11.1 Å². The molecule has 0 aliphatic carbocycles. The summed E-state index contributed by atoms with van der Waals surface area (Å²) < 4.78 is 5.09. The van der Waals surface area contributed by atoms with Gasteiger partial charge in [-0.2, -0.15) is 0 Å². The zero-order valence-electron chi connectivity index (χ0n) is 11.3. The minimum absolute atomic E-state index is 0.0166. The molecule has 0 bridgehead atoms. The van der Waals surface area contributed by atoms with Crippen LogP contribution in [0.1, 0.15) is 32.3 Å². The SMILES string of the molecule is COCc1ccccc1NC(=O)CCC(C)(C)N. The van der Waals surface area contributed by atoms with Gasteiger partial charge in [0.1, 0.15) is 0 Å². The minimum atomic E-state index is -0.316. The van der Waals surface area contributed by atoms with E-state index in [-0.39, 0.29) is 11.4 Å². The van der Waals surface area contributed by atoms with Gasteiger partial charge in [-0.25, -0.2) is 0 Å². The largest absolute Gasteiger partial charge is 0.380 e. The maximum Gasteiger partial charge on any atom is 0.224 e. The molecule has 4 nitrogen and oxygen atoms in total. The normalized spacial score (nSPS) is 11.3. The summed E-state index contributed by atoms with van der Waals surface area (Å²) in [5, 5.41) is 2.89. The van der Waals surface area contributed by atoms with Gasteiger partial charge in [0.25, 0.3) is 0 Å². The van der Waals surface area contributed by atoms with Crippen molar-refractivity contribution in [2.75, 3.05) is 12.4 Å². The minimum Gasteiger partial charge on any atom is -0.380 e. The monoisotopic (exact) mass is 250 g/mol. The lowest BCUT2D eigenvalue weighted by Crippen LogP contribution is -2.33. The zero-order chi connectivity index (χ0) is 13.6. The van der Waals surface area contributed by atoms with Crippen LogP contribution in [-0.4, -0.2) is 18.6 Å². The molecule has 0 aromatic heterocycles. The topological polar surface area (TPSA) is 64.3 Å². The number of amides is 1. The Morgan fingerprint density at radius 1 is 1.39 bits per heavy atom. The molecule has 1 rings (SSSR count). The van der Waals surface area contributed by atoms with E-state index in [0.29, 0.717) is 19.4 Å². The van der Waals surface area contributed by atoms with Crippen LogP contribution >= 0.6 is 0 Å². The van der Waals surface area contributed by atoms with Crippen LogP contribution in [0.4, 0.5) is 5.69 Å². The molecule has 0 spiro atoms. The van der Waals surface area contributed by atoms with E-state index < -0.39 is 0 Å². The van der Waals surface area contributed by atoms with Gasteiger partial charge in [-0.05, 0) is 26.3 Å². The van der Waals surface area contributed by atoms with Crippen molar-refractivity contribution in [2.24, 2.45) is 5.73 Å². The predicted octanol–water partition coefficient (Wildman–Crippen LogP) is 2.29. The Bertz CT molecular complexity index is 397. The number of carbonyl (C=O) groups is 1. The molecule has 1 aromatic rings. The van der Waals surface area contributed by atoms with Gasteiger partial charge >= 0.3 is 0 Å². The summed E-state index contributed by atoms with van der Waals surface area (Å²) in [5.41, 5.74) is 7.32. The summed E-state index contributed by atoms with van der Waals surface area (Å²) in [6, 6.07) is 7.63. The molecule has 0 saturated carbocycles. The molecule has 4 heteroatoms. The summed E-state index contributed by atoms with van der Waals surface area (Å²) >= 11 is 0. The highest BCUT2D eigenvalue weighted by atomic mass is 16.5. The predicted molar refractivity (Wildman–Crippen MR) is 73.3 cm³/mol. The smallest absolute Gasteiger partial charge is 0.224 e. The van der Waals surface area contributed by atoms with Gasteiger partial charge in [0.05, 0.1) is 6.61 Å². The van der Waals surface area contributed by atoms with Crippen LogP contribution in [0.2, 0.25) is 0 Å². The van der Waals surface area contributed by atoms with E-state index in [0.717, 1.165) is 11.3 Å². The molecule has 18 heavy (non-hydrogen) atoms. The Kier molecular flexibility index (Phi) is 5.31. The maximum atomic E-state index is 11.8. The second-order valence-electron chi connectivity index (χ2n) is 5.13. The zero-order valence-corrected chi connectivity index (χ0v) is 11.3. The molecule has 0 unspecified atom stereocenters. The lowest BCUT2D eigenvalue weighted by Gasteiger charge is -2.18. The van der Waals surface area contributed by atoms with Gasteiger partial charge in [-0.15, -0.1) is 0 Å². The number of rotatable bonds is 6. The number of para-hydroxylation sites is 1. The highest BCUT2D eigenvalue weighted by Gasteiger charge is 2.14. The van der Waals surface area contributed by atoms with E-state index in [2.05, 4.69) is 5.32 Å². The van der Waals surface area contributed by atoms with Crippen molar-refractivity contribution in [1.29, 1.82) is 0 Å².